The van der Waals surface area contributed by atoms with E-state index in [0.29, 0.717) is 5.56 Å². The summed E-state index contributed by atoms with van der Waals surface area (Å²) in [5, 5.41) is 22.8. The zero-order chi connectivity index (χ0) is 15.3. The lowest BCUT2D eigenvalue weighted by molar-refractivity contribution is -0.140. The van der Waals surface area contributed by atoms with Crippen molar-refractivity contribution < 1.29 is 14.7 Å². The Morgan fingerprint density at radius 2 is 2.05 bits per heavy atom. The van der Waals surface area contributed by atoms with Gasteiger partial charge in [-0.25, -0.2) is 9.59 Å². The summed E-state index contributed by atoms with van der Waals surface area (Å²) in [4.78, 5) is 22.7. The number of nitrogens with zero attached hydrogens (tertiary/aromatic N) is 1. The van der Waals surface area contributed by atoms with Gasteiger partial charge in [0.25, 0.3) is 0 Å². The molecule has 1 aromatic rings. The maximum Gasteiger partial charge on any atom is 0.326 e. The molecule has 0 bridgehead atoms. The highest BCUT2D eigenvalue weighted by Crippen LogP contribution is 2.22. The van der Waals surface area contributed by atoms with E-state index in [1.807, 2.05) is 6.07 Å². The van der Waals surface area contributed by atoms with E-state index in [1.54, 1.807) is 13.8 Å². The molecule has 20 heavy (non-hydrogen) atoms. The number of aliphatic carboxylic acids is 1. The Morgan fingerprint density at radius 1 is 1.40 bits per heavy atom. The number of benzene rings is 1. The highest BCUT2D eigenvalue weighted by atomic mass is 35.5. The minimum absolute atomic E-state index is 0.246. The lowest BCUT2D eigenvalue weighted by Gasteiger charge is -2.18. The number of carboxylic acid groups (broad SMARTS) is 1. The summed E-state index contributed by atoms with van der Waals surface area (Å²) in [7, 11) is 0. The largest absolute Gasteiger partial charge is 0.480 e. The lowest BCUT2D eigenvalue weighted by Crippen LogP contribution is -2.46. The number of urea groups is 1. The fraction of sp³-hybridized carbons (Fsp3) is 0.308. The molecule has 6 nitrogen and oxygen atoms in total. The number of carbonyl (C=O) groups is 2. The molecular formula is C13H14ClN3O3. The minimum Gasteiger partial charge on any atom is -0.480 e. The number of rotatable bonds is 4. The van der Waals surface area contributed by atoms with Gasteiger partial charge in [-0.1, -0.05) is 25.4 Å². The molecule has 1 atom stereocenters. The summed E-state index contributed by atoms with van der Waals surface area (Å²) in [6.45, 7) is 3.37. The van der Waals surface area contributed by atoms with Crippen molar-refractivity contribution in [3.8, 4) is 6.07 Å². The van der Waals surface area contributed by atoms with Gasteiger partial charge in [-0.15, -0.1) is 0 Å². The number of hydrogen-bond acceptors (Lipinski definition) is 3. The molecular weight excluding hydrogens is 282 g/mol. The monoisotopic (exact) mass is 295 g/mol. The van der Waals surface area contributed by atoms with Crippen LogP contribution in [0, 0.1) is 17.2 Å². The molecule has 1 rings (SSSR count). The predicted molar refractivity (Wildman–Crippen MR) is 74.6 cm³/mol. The second kappa shape index (κ2) is 6.78. The average molecular weight is 296 g/mol. The second-order valence-electron chi connectivity index (χ2n) is 4.46. The first-order chi connectivity index (χ1) is 9.35. The highest BCUT2D eigenvalue weighted by molar-refractivity contribution is 6.33. The van der Waals surface area contributed by atoms with Crippen LogP contribution < -0.4 is 10.6 Å². The molecule has 7 heteroatoms. The Balaban J connectivity index is 2.81. The molecule has 1 aromatic carbocycles. The van der Waals surface area contributed by atoms with E-state index >= 15 is 0 Å². The molecule has 0 saturated heterocycles. The van der Waals surface area contributed by atoms with E-state index in [2.05, 4.69) is 10.6 Å². The van der Waals surface area contributed by atoms with Crippen molar-refractivity contribution in [3.63, 3.8) is 0 Å². The summed E-state index contributed by atoms with van der Waals surface area (Å²) in [5.41, 5.74) is 0.583. The maximum atomic E-state index is 11.8. The molecule has 0 saturated carbocycles. The third-order valence-corrected chi connectivity index (χ3v) is 2.89. The van der Waals surface area contributed by atoms with E-state index in [-0.39, 0.29) is 16.6 Å². The minimum atomic E-state index is -1.12. The molecule has 0 aliphatic carbocycles. The number of halogens is 1. The van der Waals surface area contributed by atoms with Crippen molar-refractivity contribution in [1.29, 1.82) is 5.26 Å². The zero-order valence-corrected chi connectivity index (χ0v) is 11.7. The van der Waals surface area contributed by atoms with Crippen LogP contribution in [0.5, 0.6) is 0 Å². The standard InChI is InChI=1S/C13H14ClN3O3/c1-7(2)11(12(18)19)17-13(20)16-10-5-8(6-15)3-4-9(10)14/h3-5,7,11H,1-2H3,(H,18,19)(H2,16,17,20)/t11-/m0/s1. The van der Waals surface area contributed by atoms with Crippen LogP contribution in [0.2, 0.25) is 5.02 Å². The molecule has 106 valence electrons. The second-order valence-corrected chi connectivity index (χ2v) is 4.87. The number of hydrogen-bond donors (Lipinski definition) is 3. The lowest BCUT2D eigenvalue weighted by atomic mass is 10.1. The number of carboxylic acids is 1. The Labute approximate surface area is 121 Å². The Bertz CT molecular complexity index is 566. The number of amides is 2. The highest BCUT2D eigenvalue weighted by Gasteiger charge is 2.23. The van der Waals surface area contributed by atoms with Gasteiger partial charge in [-0.05, 0) is 24.1 Å². The molecule has 0 aromatic heterocycles. The normalized spacial score (nSPS) is 11.6. The molecule has 0 radical (unpaired) electrons. The molecule has 2 amide bonds. The van der Waals surface area contributed by atoms with Crippen molar-refractivity contribution in [2.45, 2.75) is 19.9 Å². The summed E-state index contributed by atoms with van der Waals surface area (Å²) >= 11 is 5.89. The number of nitriles is 1. The summed E-state index contributed by atoms with van der Waals surface area (Å²) in [6, 6.07) is 4.62. The van der Waals surface area contributed by atoms with Crippen molar-refractivity contribution in [2.75, 3.05) is 5.32 Å². The Hall–Kier alpha value is -2.26. The number of carbonyl (C=O) groups excluding carboxylic acids is 1. The van der Waals surface area contributed by atoms with Crippen LogP contribution in [0.3, 0.4) is 0 Å². The fourth-order valence-electron chi connectivity index (χ4n) is 1.50. The third kappa shape index (κ3) is 4.14. The van der Waals surface area contributed by atoms with E-state index in [4.69, 9.17) is 22.0 Å². The van der Waals surface area contributed by atoms with Gasteiger partial charge in [0.05, 0.1) is 22.3 Å². The quantitative estimate of drug-likeness (QED) is 0.794. The molecule has 0 spiro atoms. The van der Waals surface area contributed by atoms with Crippen molar-refractivity contribution in [1.82, 2.24) is 5.32 Å². The van der Waals surface area contributed by atoms with Crippen LogP contribution in [0.4, 0.5) is 10.5 Å². The first-order valence-electron chi connectivity index (χ1n) is 5.85. The molecule has 0 aliphatic heterocycles. The van der Waals surface area contributed by atoms with Gasteiger partial charge in [0, 0.05) is 0 Å². The number of anilines is 1. The topological polar surface area (TPSA) is 102 Å². The predicted octanol–water partition coefficient (Wildman–Crippen LogP) is 2.44. The van der Waals surface area contributed by atoms with E-state index in [9.17, 15) is 9.59 Å². The molecule has 0 aliphatic rings. The SMILES string of the molecule is CC(C)[C@H](NC(=O)Nc1cc(C#N)ccc1Cl)C(=O)O. The molecule has 3 N–H and O–H groups in total. The Morgan fingerprint density at radius 3 is 2.55 bits per heavy atom. The van der Waals surface area contributed by atoms with Crippen LogP contribution in [0.1, 0.15) is 19.4 Å². The van der Waals surface area contributed by atoms with E-state index in [0.717, 1.165) is 0 Å². The van der Waals surface area contributed by atoms with Gasteiger partial charge < -0.3 is 15.7 Å². The van der Waals surface area contributed by atoms with Crippen LogP contribution in [-0.4, -0.2) is 23.1 Å². The van der Waals surface area contributed by atoms with Crippen LogP contribution >= 0.6 is 11.6 Å². The smallest absolute Gasteiger partial charge is 0.326 e. The van der Waals surface area contributed by atoms with Crippen molar-refractivity contribution in [3.05, 3.63) is 28.8 Å². The van der Waals surface area contributed by atoms with Crippen LogP contribution in [-0.2, 0) is 4.79 Å². The third-order valence-electron chi connectivity index (χ3n) is 2.56. The fourth-order valence-corrected chi connectivity index (χ4v) is 1.67. The van der Waals surface area contributed by atoms with Gasteiger partial charge >= 0.3 is 12.0 Å². The molecule has 0 heterocycles. The van der Waals surface area contributed by atoms with Gasteiger partial charge in [0.2, 0.25) is 0 Å². The summed E-state index contributed by atoms with van der Waals surface area (Å²) in [5.74, 6) is -1.38. The molecule has 0 unspecified atom stereocenters. The van der Waals surface area contributed by atoms with Crippen molar-refractivity contribution >= 4 is 29.3 Å². The number of nitrogens with one attached hydrogen (secondary N) is 2. The van der Waals surface area contributed by atoms with Gasteiger partial charge in [0.15, 0.2) is 0 Å². The van der Waals surface area contributed by atoms with Gasteiger partial charge in [-0.2, -0.15) is 5.26 Å². The first-order valence-corrected chi connectivity index (χ1v) is 6.23. The zero-order valence-electron chi connectivity index (χ0n) is 11.0. The average Bonchev–Trinajstić information content (AvgIpc) is 2.37. The first kappa shape index (κ1) is 15.8. The van der Waals surface area contributed by atoms with Crippen LogP contribution in [0.15, 0.2) is 18.2 Å². The van der Waals surface area contributed by atoms with Crippen molar-refractivity contribution in [2.24, 2.45) is 5.92 Å². The van der Waals surface area contributed by atoms with Crippen LogP contribution in [0.25, 0.3) is 0 Å². The van der Waals surface area contributed by atoms with Gasteiger partial charge in [0.1, 0.15) is 6.04 Å². The van der Waals surface area contributed by atoms with E-state index < -0.39 is 18.0 Å². The van der Waals surface area contributed by atoms with E-state index in [1.165, 1.54) is 18.2 Å². The molecule has 0 fully saturated rings. The van der Waals surface area contributed by atoms with Gasteiger partial charge in [-0.3, -0.25) is 0 Å². The summed E-state index contributed by atoms with van der Waals surface area (Å²) in [6.07, 6.45) is 0. The maximum absolute atomic E-state index is 11.8. The summed E-state index contributed by atoms with van der Waals surface area (Å²) < 4.78 is 0. The Kier molecular flexibility index (Phi) is 5.35.